The zero-order chi connectivity index (χ0) is 10.9. The summed E-state index contributed by atoms with van der Waals surface area (Å²) < 4.78 is 0. The zero-order valence-electron chi connectivity index (χ0n) is 9.97. The fraction of sp³-hybridized carbons (Fsp3) is 0.692. The second kappa shape index (κ2) is 4.26. The first-order valence-corrected chi connectivity index (χ1v) is 6.85. The van der Waals surface area contributed by atoms with Gasteiger partial charge in [0.25, 0.3) is 0 Å². The van der Waals surface area contributed by atoms with Gasteiger partial charge in [-0.1, -0.05) is 20.8 Å². The van der Waals surface area contributed by atoms with Gasteiger partial charge in [0.2, 0.25) is 0 Å². The van der Waals surface area contributed by atoms with Crippen LogP contribution in [0.1, 0.15) is 43.4 Å². The Morgan fingerprint density at radius 2 is 2.27 bits per heavy atom. The van der Waals surface area contributed by atoms with Crippen molar-refractivity contribution in [2.75, 3.05) is 6.54 Å². The van der Waals surface area contributed by atoms with Crippen LogP contribution in [0.4, 0.5) is 0 Å². The Bertz CT molecular complexity index is 331. The van der Waals surface area contributed by atoms with Gasteiger partial charge in [-0.15, -0.1) is 11.3 Å². The molecule has 0 radical (unpaired) electrons. The average Bonchev–Trinajstić information content (AvgIpc) is 2.84. The lowest BCUT2D eigenvalue weighted by atomic mass is 9.80. The number of thiophene rings is 1. The molecule has 2 heterocycles. The van der Waals surface area contributed by atoms with Crippen LogP contribution in [-0.4, -0.2) is 12.6 Å². The van der Waals surface area contributed by atoms with Gasteiger partial charge < -0.3 is 5.32 Å². The topological polar surface area (TPSA) is 12.0 Å². The van der Waals surface area contributed by atoms with Gasteiger partial charge in [0.1, 0.15) is 0 Å². The first-order valence-electron chi connectivity index (χ1n) is 6.03. The minimum absolute atomic E-state index is 0.382. The van der Waals surface area contributed by atoms with Crippen LogP contribution in [0.5, 0.6) is 0 Å². The van der Waals surface area contributed by atoms with Crippen molar-refractivity contribution in [2.24, 2.45) is 0 Å². The molecule has 1 saturated heterocycles. The third-order valence-corrected chi connectivity index (χ3v) is 5.29. The normalized spacial score (nSPS) is 31.0. The van der Waals surface area contributed by atoms with E-state index >= 15 is 0 Å². The van der Waals surface area contributed by atoms with Crippen molar-refractivity contribution in [3.8, 4) is 0 Å². The maximum absolute atomic E-state index is 3.63. The van der Waals surface area contributed by atoms with Gasteiger partial charge in [0.05, 0.1) is 0 Å². The third kappa shape index (κ3) is 1.85. The van der Waals surface area contributed by atoms with Gasteiger partial charge in [0, 0.05) is 21.2 Å². The summed E-state index contributed by atoms with van der Waals surface area (Å²) >= 11 is 2.01. The zero-order valence-corrected chi connectivity index (χ0v) is 10.8. The number of aryl methyl sites for hydroxylation is 1. The van der Waals surface area contributed by atoms with Crippen LogP contribution >= 0.6 is 11.3 Å². The second-order valence-corrected chi connectivity index (χ2v) is 5.87. The van der Waals surface area contributed by atoms with Crippen molar-refractivity contribution < 1.29 is 0 Å². The van der Waals surface area contributed by atoms with E-state index in [-0.39, 0.29) is 0 Å². The van der Waals surface area contributed by atoms with E-state index in [1.54, 1.807) is 4.88 Å². The van der Waals surface area contributed by atoms with E-state index in [0.29, 0.717) is 11.5 Å². The van der Waals surface area contributed by atoms with Crippen molar-refractivity contribution >= 4 is 11.3 Å². The van der Waals surface area contributed by atoms with Gasteiger partial charge in [-0.05, 0) is 37.9 Å². The van der Waals surface area contributed by atoms with E-state index in [0.717, 1.165) is 0 Å². The molecule has 1 aromatic rings. The molecule has 0 bridgehead atoms. The minimum Gasteiger partial charge on any atom is -0.313 e. The molecule has 0 aliphatic carbocycles. The van der Waals surface area contributed by atoms with Gasteiger partial charge >= 0.3 is 0 Å². The molecule has 0 spiro atoms. The van der Waals surface area contributed by atoms with E-state index in [9.17, 15) is 0 Å². The molecule has 1 aliphatic heterocycles. The van der Waals surface area contributed by atoms with E-state index in [4.69, 9.17) is 0 Å². The number of hydrogen-bond donors (Lipinski definition) is 1. The lowest BCUT2D eigenvalue weighted by Crippen LogP contribution is -2.36. The van der Waals surface area contributed by atoms with Crippen LogP contribution in [0, 0.1) is 0 Å². The summed E-state index contributed by atoms with van der Waals surface area (Å²) in [6, 6.07) is 5.32. The van der Waals surface area contributed by atoms with Crippen LogP contribution in [0.3, 0.4) is 0 Å². The van der Waals surface area contributed by atoms with Crippen molar-refractivity contribution in [1.82, 2.24) is 5.32 Å². The third-order valence-electron chi connectivity index (χ3n) is 3.79. The minimum atomic E-state index is 0.382. The molecular weight excluding hydrogens is 202 g/mol. The SMILES string of the molecule is CCc1ccc(C2(C)CCNC2CC)s1. The predicted molar refractivity (Wildman–Crippen MR) is 67.7 cm³/mol. The van der Waals surface area contributed by atoms with Crippen molar-refractivity contribution in [3.05, 3.63) is 21.9 Å². The summed E-state index contributed by atoms with van der Waals surface area (Å²) in [5, 5.41) is 3.63. The fourth-order valence-electron chi connectivity index (χ4n) is 2.67. The summed E-state index contributed by atoms with van der Waals surface area (Å²) in [5.74, 6) is 0. The number of hydrogen-bond acceptors (Lipinski definition) is 2. The van der Waals surface area contributed by atoms with E-state index in [2.05, 4.69) is 38.2 Å². The molecule has 84 valence electrons. The van der Waals surface area contributed by atoms with E-state index in [1.807, 2.05) is 11.3 Å². The highest BCUT2D eigenvalue weighted by atomic mass is 32.1. The molecule has 1 nitrogen and oxygen atoms in total. The second-order valence-electron chi connectivity index (χ2n) is 4.70. The summed E-state index contributed by atoms with van der Waals surface area (Å²) in [7, 11) is 0. The number of nitrogens with one attached hydrogen (secondary N) is 1. The van der Waals surface area contributed by atoms with Gasteiger partial charge in [-0.25, -0.2) is 0 Å². The highest BCUT2D eigenvalue weighted by Crippen LogP contribution is 2.40. The van der Waals surface area contributed by atoms with Crippen molar-refractivity contribution in [3.63, 3.8) is 0 Å². The predicted octanol–water partition coefficient (Wildman–Crippen LogP) is 3.34. The van der Waals surface area contributed by atoms with Crippen molar-refractivity contribution in [2.45, 2.75) is 51.5 Å². The van der Waals surface area contributed by atoms with Crippen LogP contribution < -0.4 is 5.32 Å². The Kier molecular flexibility index (Phi) is 3.17. The Balaban J connectivity index is 2.27. The fourth-order valence-corrected chi connectivity index (χ4v) is 3.85. The highest BCUT2D eigenvalue weighted by molar-refractivity contribution is 7.12. The van der Waals surface area contributed by atoms with E-state index < -0.39 is 0 Å². The molecule has 0 aromatic carbocycles. The molecule has 15 heavy (non-hydrogen) atoms. The van der Waals surface area contributed by atoms with E-state index in [1.165, 1.54) is 30.7 Å². The monoisotopic (exact) mass is 223 g/mol. The molecule has 2 atom stereocenters. The summed E-state index contributed by atoms with van der Waals surface area (Å²) in [6.45, 7) is 8.12. The molecular formula is C13H21NS. The van der Waals surface area contributed by atoms with Gasteiger partial charge in [0.15, 0.2) is 0 Å². The molecule has 0 saturated carbocycles. The molecule has 1 fully saturated rings. The lowest BCUT2D eigenvalue weighted by molar-refractivity contribution is 0.399. The van der Waals surface area contributed by atoms with Crippen LogP contribution in [-0.2, 0) is 11.8 Å². The molecule has 0 amide bonds. The molecule has 1 aromatic heterocycles. The highest BCUT2D eigenvalue weighted by Gasteiger charge is 2.39. The summed E-state index contributed by atoms with van der Waals surface area (Å²) in [6.07, 6.45) is 3.69. The summed E-state index contributed by atoms with van der Waals surface area (Å²) in [4.78, 5) is 3.10. The Morgan fingerprint density at radius 3 is 2.87 bits per heavy atom. The van der Waals surface area contributed by atoms with Crippen LogP contribution in [0.25, 0.3) is 0 Å². The Morgan fingerprint density at radius 1 is 1.47 bits per heavy atom. The molecule has 2 rings (SSSR count). The maximum atomic E-state index is 3.63. The smallest absolute Gasteiger partial charge is 0.0184 e. The van der Waals surface area contributed by atoms with Crippen LogP contribution in [0.2, 0.25) is 0 Å². The quantitative estimate of drug-likeness (QED) is 0.828. The molecule has 1 N–H and O–H groups in total. The average molecular weight is 223 g/mol. The number of rotatable bonds is 3. The van der Waals surface area contributed by atoms with Gasteiger partial charge in [-0.2, -0.15) is 0 Å². The Labute approximate surface area is 96.9 Å². The molecule has 2 unspecified atom stereocenters. The standard InChI is InChI=1S/C13H21NS/c1-4-10-6-7-12(15-10)13(3)8-9-14-11(13)5-2/h6-7,11,14H,4-5,8-9H2,1-3H3. The van der Waals surface area contributed by atoms with Crippen molar-refractivity contribution in [1.29, 1.82) is 0 Å². The first-order chi connectivity index (χ1) is 7.20. The first kappa shape index (κ1) is 11.2. The molecule has 1 aliphatic rings. The largest absolute Gasteiger partial charge is 0.313 e. The Hall–Kier alpha value is -0.340. The maximum Gasteiger partial charge on any atom is 0.0184 e. The summed E-state index contributed by atoms with van der Waals surface area (Å²) in [5.41, 5.74) is 0.382. The van der Waals surface area contributed by atoms with Gasteiger partial charge in [-0.3, -0.25) is 0 Å². The molecule has 2 heteroatoms. The van der Waals surface area contributed by atoms with Crippen LogP contribution in [0.15, 0.2) is 12.1 Å². The lowest BCUT2D eigenvalue weighted by Gasteiger charge is -2.29.